The highest BCUT2D eigenvalue weighted by Crippen LogP contribution is 2.23. The average Bonchev–Trinajstić information content (AvgIpc) is 2.55. The van der Waals surface area contributed by atoms with Crippen molar-refractivity contribution in [2.45, 2.75) is 44.5 Å². The first-order valence-electron chi connectivity index (χ1n) is 7.73. The SMILES string of the molecule is C#CCCCCCCOC1COC(c2ccccc2)OC1. The fourth-order valence-electron chi connectivity index (χ4n) is 2.32. The van der Waals surface area contributed by atoms with Gasteiger partial charge in [0.2, 0.25) is 0 Å². The number of unbranched alkanes of at least 4 members (excludes halogenated alkanes) is 4. The van der Waals surface area contributed by atoms with Crippen LogP contribution < -0.4 is 0 Å². The van der Waals surface area contributed by atoms with Crippen LogP contribution in [0.1, 0.15) is 44.0 Å². The van der Waals surface area contributed by atoms with Gasteiger partial charge in [-0.05, 0) is 12.8 Å². The Labute approximate surface area is 127 Å². The van der Waals surface area contributed by atoms with Crippen LogP contribution in [0.2, 0.25) is 0 Å². The lowest BCUT2D eigenvalue weighted by molar-refractivity contribution is -0.230. The van der Waals surface area contributed by atoms with Crippen molar-refractivity contribution < 1.29 is 14.2 Å². The smallest absolute Gasteiger partial charge is 0.184 e. The minimum atomic E-state index is -0.255. The molecule has 0 aromatic heterocycles. The van der Waals surface area contributed by atoms with Gasteiger partial charge in [-0.25, -0.2) is 0 Å². The molecule has 0 saturated carbocycles. The molecule has 21 heavy (non-hydrogen) atoms. The Morgan fingerprint density at radius 1 is 1.05 bits per heavy atom. The molecule has 0 bridgehead atoms. The Balaban J connectivity index is 1.54. The van der Waals surface area contributed by atoms with E-state index in [0.29, 0.717) is 13.2 Å². The summed E-state index contributed by atoms with van der Waals surface area (Å²) in [5.41, 5.74) is 1.06. The van der Waals surface area contributed by atoms with E-state index in [9.17, 15) is 0 Å². The summed E-state index contributed by atoms with van der Waals surface area (Å²) >= 11 is 0. The van der Waals surface area contributed by atoms with Gasteiger partial charge in [0, 0.05) is 18.6 Å². The molecule has 1 saturated heterocycles. The van der Waals surface area contributed by atoms with E-state index in [1.54, 1.807) is 0 Å². The largest absolute Gasteiger partial charge is 0.373 e. The summed E-state index contributed by atoms with van der Waals surface area (Å²) in [5, 5.41) is 0. The van der Waals surface area contributed by atoms with E-state index in [-0.39, 0.29) is 12.4 Å². The number of terminal acetylenes is 1. The van der Waals surface area contributed by atoms with E-state index in [4.69, 9.17) is 20.6 Å². The second-order valence-electron chi connectivity index (χ2n) is 5.27. The molecule has 2 rings (SSSR count). The summed E-state index contributed by atoms with van der Waals surface area (Å²) in [7, 11) is 0. The van der Waals surface area contributed by atoms with Gasteiger partial charge in [0.25, 0.3) is 0 Å². The molecular weight excluding hydrogens is 264 g/mol. The van der Waals surface area contributed by atoms with Crippen molar-refractivity contribution >= 4 is 0 Å². The fraction of sp³-hybridized carbons (Fsp3) is 0.556. The molecular formula is C18H24O3. The second-order valence-corrected chi connectivity index (χ2v) is 5.27. The van der Waals surface area contributed by atoms with Crippen molar-refractivity contribution in [1.29, 1.82) is 0 Å². The third kappa shape index (κ3) is 5.89. The molecule has 0 amide bonds. The molecule has 1 heterocycles. The predicted molar refractivity (Wildman–Crippen MR) is 82.7 cm³/mol. The predicted octanol–water partition coefficient (Wildman–Crippen LogP) is 3.70. The van der Waals surface area contributed by atoms with E-state index in [1.165, 1.54) is 12.8 Å². The number of hydrogen-bond acceptors (Lipinski definition) is 3. The van der Waals surface area contributed by atoms with Crippen LogP contribution in [0.25, 0.3) is 0 Å². The second kappa shape index (κ2) is 9.57. The first kappa shape index (κ1) is 16.0. The van der Waals surface area contributed by atoms with Crippen LogP contribution in [0.5, 0.6) is 0 Å². The Kier molecular flexibility index (Phi) is 7.31. The molecule has 1 aliphatic rings. The first-order valence-corrected chi connectivity index (χ1v) is 7.73. The molecule has 0 atom stereocenters. The molecule has 114 valence electrons. The quantitative estimate of drug-likeness (QED) is 0.539. The van der Waals surface area contributed by atoms with Crippen molar-refractivity contribution in [2.24, 2.45) is 0 Å². The Bertz CT molecular complexity index is 416. The lowest BCUT2D eigenvalue weighted by Crippen LogP contribution is -2.33. The molecule has 0 aliphatic carbocycles. The maximum Gasteiger partial charge on any atom is 0.184 e. The third-order valence-corrected chi connectivity index (χ3v) is 3.51. The van der Waals surface area contributed by atoms with E-state index in [2.05, 4.69) is 5.92 Å². The summed E-state index contributed by atoms with van der Waals surface area (Å²) in [5.74, 6) is 2.66. The van der Waals surface area contributed by atoms with Crippen LogP contribution in [-0.2, 0) is 14.2 Å². The van der Waals surface area contributed by atoms with Crippen LogP contribution >= 0.6 is 0 Å². The molecule has 3 nitrogen and oxygen atoms in total. The van der Waals surface area contributed by atoms with Gasteiger partial charge in [-0.3, -0.25) is 0 Å². The fourth-order valence-corrected chi connectivity index (χ4v) is 2.32. The van der Waals surface area contributed by atoms with E-state index in [1.807, 2.05) is 30.3 Å². The number of rotatable bonds is 8. The Morgan fingerprint density at radius 2 is 1.76 bits per heavy atom. The number of ether oxygens (including phenoxy) is 3. The zero-order chi connectivity index (χ0) is 14.8. The number of hydrogen-bond donors (Lipinski definition) is 0. The van der Waals surface area contributed by atoms with Crippen molar-refractivity contribution in [2.75, 3.05) is 19.8 Å². The zero-order valence-electron chi connectivity index (χ0n) is 12.5. The van der Waals surface area contributed by atoms with Crippen molar-refractivity contribution in [1.82, 2.24) is 0 Å². The highest BCUT2D eigenvalue weighted by atomic mass is 16.7. The summed E-state index contributed by atoms with van der Waals surface area (Å²) in [4.78, 5) is 0. The van der Waals surface area contributed by atoms with Gasteiger partial charge in [-0.1, -0.05) is 43.2 Å². The van der Waals surface area contributed by atoms with Gasteiger partial charge in [-0.15, -0.1) is 12.3 Å². The maximum absolute atomic E-state index is 5.78. The van der Waals surface area contributed by atoms with Gasteiger partial charge in [-0.2, -0.15) is 0 Å². The van der Waals surface area contributed by atoms with E-state index < -0.39 is 0 Å². The zero-order valence-corrected chi connectivity index (χ0v) is 12.5. The van der Waals surface area contributed by atoms with Gasteiger partial charge in [0.15, 0.2) is 6.29 Å². The van der Waals surface area contributed by atoms with E-state index in [0.717, 1.165) is 31.4 Å². The molecule has 0 N–H and O–H groups in total. The first-order chi connectivity index (χ1) is 10.4. The van der Waals surface area contributed by atoms with Gasteiger partial charge in [0.1, 0.15) is 6.10 Å². The van der Waals surface area contributed by atoms with Crippen LogP contribution in [0, 0.1) is 12.3 Å². The monoisotopic (exact) mass is 288 g/mol. The molecule has 3 heteroatoms. The third-order valence-electron chi connectivity index (χ3n) is 3.51. The maximum atomic E-state index is 5.78. The summed E-state index contributed by atoms with van der Waals surface area (Å²) < 4.78 is 17.2. The van der Waals surface area contributed by atoms with Gasteiger partial charge in [0.05, 0.1) is 13.2 Å². The highest BCUT2D eigenvalue weighted by Gasteiger charge is 2.23. The number of benzene rings is 1. The van der Waals surface area contributed by atoms with Crippen LogP contribution in [0.15, 0.2) is 30.3 Å². The van der Waals surface area contributed by atoms with Gasteiger partial charge >= 0.3 is 0 Å². The standard InChI is InChI=1S/C18H24O3/c1-2-3-4-5-6-10-13-19-17-14-20-18(21-15-17)16-11-8-7-9-12-16/h1,7-9,11-12,17-18H,3-6,10,13-15H2. The van der Waals surface area contributed by atoms with Crippen LogP contribution in [0.3, 0.4) is 0 Å². The molecule has 0 unspecified atom stereocenters. The summed E-state index contributed by atoms with van der Waals surface area (Å²) in [6, 6.07) is 10.0. The molecule has 1 fully saturated rings. The average molecular weight is 288 g/mol. The Hall–Kier alpha value is -1.34. The van der Waals surface area contributed by atoms with Crippen molar-refractivity contribution in [3.05, 3.63) is 35.9 Å². The highest BCUT2D eigenvalue weighted by molar-refractivity contribution is 5.16. The molecule has 1 aromatic carbocycles. The minimum absolute atomic E-state index is 0.0515. The lowest BCUT2D eigenvalue weighted by atomic mass is 10.1. The summed E-state index contributed by atoms with van der Waals surface area (Å²) in [6.07, 6.45) is 10.4. The molecule has 1 aliphatic heterocycles. The normalized spacial score (nSPS) is 21.9. The lowest BCUT2D eigenvalue weighted by Gasteiger charge is -2.29. The van der Waals surface area contributed by atoms with Gasteiger partial charge < -0.3 is 14.2 Å². The topological polar surface area (TPSA) is 27.7 Å². The summed E-state index contributed by atoms with van der Waals surface area (Å²) in [6.45, 7) is 1.96. The van der Waals surface area contributed by atoms with Crippen molar-refractivity contribution in [3.8, 4) is 12.3 Å². The molecule has 1 aromatic rings. The molecule has 0 radical (unpaired) electrons. The van der Waals surface area contributed by atoms with E-state index >= 15 is 0 Å². The minimum Gasteiger partial charge on any atom is -0.373 e. The molecule has 0 spiro atoms. The Morgan fingerprint density at radius 3 is 2.48 bits per heavy atom. The van der Waals surface area contributed by atoms with Crippen molar-refractivity contribution in [3.63, 3.8) is 0 Å². The van der Waals surface area contributed by atoms with Crippen LogP contribution in [-0.4, -0.2) is 25.9 Å². The van der Waals surface area contributed by atoms with Crippen LogP contribution in [0.4, 0.5) is 0 Å².